The largest absolute Gasteiger partial charge is 0.387 e. The molecule has 172 valence electrons. The lowest BCUT2D eigenvalue weighted by atomic mass is 9.44. The van der Waals surface area contributed by atoms with Gasteiger partial charge in [0.15, 0.2) is 5.78 Å². The molecule has 31 heavy (non-hydrogen) atoms. The zero-order valence-corrected chi connectivity index (χ0v) is 19.6. The third kappa shape index (κ3) is 3.42. The molecule has 1 heterocycles. The fourth-order valence-corrected chi connectivity index (χ4v) is 8.92. The smallest absolute Gasteiger partial charge is 0.156 e. The van der Waals surface area contributed by atoms with Gasteiger partial charge in [0.25, 0.3) is 0 Å². The van der Waals surface area contributed by atoms with Crippen LogP contribution in [0, 0.1) is 40.4 Å². The van der Waals surface area contributed by atoms with Gasteiger partial charge in [-0.25, -0.2) is 4.98 Å². The molecule has 4 saturated carbocycles. The summed E-state index contributed by atoms with van der Waals surface area (Å²) in [5.74, 6) is 3.39. The van der Waals surface area contributed by atoms with Crippen LogP contribution in [0.5, 0.6) is 0 Å². The van der Waals surface area contributed by atoms with Crippen LogP contribution < -0.4 is 0 Å². The quantitative estimate of drug-likeness (QED) is 0.751. The van der Waals surface area contributed by atoms with Gasteiger partial charge in [-0.1, -0.05) is 13.8 Å². The summed E-state index contributed by atoms with van der Waals surface area (Å²) in [6, 6.07) is 0. The molecule has 0 bridgehead atoms. The van der Waals surface area contributed by atoms with Crippen LogP contribution in [0.25, 0.3) is 0 Å². The van der Waals surface area contributed by atoms with Gasteiger partial charge in [0.1, 0.15) is 0 Å². The molecule has 4 aliphatic carbocycles. The molecule has 4 aliphatic rings. The summed E-state index contributed by atoms with van der Waals surface area (Å²) in [5.41, 5.74) is -0.135. The summed E-state index contributed by atoms with van der Waals surface area (Å²) >= 11 is 0. The first kappa shape index (κ1) is 21.6. The lowest BCUT2D eigenvalue weighted by Gasteiger charge is -2.62. The van der Waals surface area contributed by atoms with E-state index >= 15 is 0 Å². The molecule has 1 aromatic rings. The van der Waals surface area contributed by atoms with Gasteiger partial charge < -0.3 is 14.4 Å². The van der Waals surface area contributed by atoms with E-state index in [2.05, 4.69) is 18.8 Å². The maximum absolute atomic E-state index is 13.3. The molecule has 0 aromatic carbocycles. The number of carbonyl (C=O) groups is 1. The number of ether oxygens (including phenoxy) is 1. The van der Waals surface area contributed by atoms with Crippen molar-refractivity contribution in [3.63, 3.8) is 0 Å². The first-order chi connectivity index (χ1) is 14.8. The Labute approximate surface area is 187 Å². The molecule has 0 spiro atoms. The molecule has 5 nitrogen and oxygen atoms in total. The van der Waals surface area contributed by atoms with Crippen molar-refractivity contribution in [2.75, 3.05) is 13.7 Å². The van der Waals surface area contributed by atoms with Crippen LogP contribution in [0.2, 0.25) is 0 Å². The highest BCUT2D eigenvalue weighted by atomic mass is 16.5. The molecular weight excluding hydrogens is 388 g/mol. The van der Waals surface area contributed by atoms with Crippen LogP contribution >= 0.6 is 0 Å². The molecule has 4 fully saturated rings. The summed E-state index contributed by atoms with van der Waals surface area (Å²) in [4.78, 5) is 17.4. The number of imidazole rings is 1. The van der Waals surface area contributed by atoms with E-state index in [4.69, 9.17) is 4.74 Å². The molecule has 1 aromatic heterocycles. The van der Waals surface area contributed by atoms with Crippen molar-refractivity contribution < 1.29 is 14.6 Å². The molecule has 7 unspecified atom stereocenters. The minimum atomic E-state index is -0.632. The SMILES string of the molecule is COCC1(O)CCC2(C)C(CCC3C2CCC2(C)C3CC[C@@H]2C(=O)Cn2ccnc2)C1. The standard InChI is InChI=1S/C26H40N2O3/c1-24-10-11-26(30,16-31-3)14-18(24)4-5-19-20-6-7-22(25(20,2)9-8-21(19)24)23(29)15-28-13-12-27-17-28/h12-13,17-22,30H,4-11,14-16H2,1-3H3/t18?,19?,20?,21?,22-,24?,25?,26?/m1/s1. The maximum Gasteiger partial charge on any atom is 0.156 e. The molecule has 1 N–H and O–H groups in total. The topological polar surface area (TPSA) is 64.3 Å². The van der Waals surface area contributed by atoms with E-state index in [0.717, 1.165) is 37.5 Å². The van der Waals surface area contributed by atoms with Crippen LogP contribution in [-0.2, 0) is 16.1 Å². The van der Waals surface area contributed by atoms with Crippen molar-refractivity contribution in [1.29, 1.82) is 0 Å². The summed E-state index contributed by atoms with van der Waals surface area (Å²) in [7, 11) is 1.70. The summed E-state index contributed by atoms with van der Waals surface area (Å²) in [6.07, 6.45) is 15.5. The second-order valence-electron chi connectivity index (χ2n) is 11.9. The molecule has 5 heteroatoms. The Hall–Kier alpha value is -1.20. The number of ketones is 1. The Balaban J connectivity index is 1.33. The highest BCUT2D eigenvalue weighted by Crippen LogP contribution is 2.68. The van der Waals surface area contributed by atoms with Crippen LogP contribution in [0.15, 0.2) is 18.7 Å². The van der Waals surface area contributed by atoms with E-state index in [1.54, 1.807) is 19.6 Å². The van der Waals surface area contributed by atoms with Crippen molar-refractivity contribution >= 4 is 5.78 Å². The predicted molar refractivity (Wildman–Crippen MR) is 119 cm³/mol. The first-order valence-electron chi connectivity index (χ1n) is 12.5. The van der Waals surface area contributed by atoms with Gasteiger partial charge in [0.2, 0.25) is 0 Å². The summed E-state index contributed by atoms with van der Waals surface area (Å²) in [6.45, 7) is 5.90. The molecule has 5 rings (SSSR count). The number of carbonyl (C=O) groups excluding carboxylic acids is 1. The number of rotatable bonds is 5. The number of fused-ring (bicyclic) bond motifs is 5. The second kappa shape index (κ2) is 7.69. The fraction of sp³-hybridized carbons (Fsp3) is 0.846. The summed E-state index contributed by atoms with van der Waals surface area (Å²) in [5, 5.41) is 11.0. The number of aliphatic hydroxyl groups is 1. The number of hydrogen-bond acceptors (Lipinski definition) is 4. The van der Waals surface area contributed by atoms with Gasteiger partial charge in [0.05, 0.1) is 25.1 Å². The Morgan fingerprint density at radius 3 is 2.65 bits per heavy atom. The first-order valence-corrected chi connectivity index (χ1v) is 12.5. The normalized spacial score (nSPS) is 46.8. The van der Waals surface area contributed by atoms with Gasteiger partial charge >= 0.3 is 0 Å². The molecule has 0 amide bonds. The Bertz CT molecular complexity index is 810. The Morgan fingerprint density at radius 1 is 1.10 bits per heavy atom. The zero-order chi connectivity index (χ0) is 21.9. The van der Waals surface area contributed by atoms with E-state index in [1.807, 2.05) is 10.8 Å². The van der Waals surface area contributed by atoms with Crippen molar-refractivity contribution in [3.05, 3.63) is 18.7 Å². The predicted octanol–water partition coefficient (Wildman–Crippen LogP) is 4.49. The maximum atomic E-state index is 13.3. The van der Waals surface area contributed by atoms with Gasteiger partial charge in [-0.2, -0.15) is 0 Å². The molecular formula is C26H40N2O3. The van der Waals surface area contributed by atoms with Gasteiger partial charge in [-0.15, -0.1) is 0 Å². The van der Waals surface area contributed by atoms with Gasteiger partial charge in [-0.3, -0.25) is 4.79 Å². The van der Waals surface area contributed by atoms with E-state index in [-0.39, 0.29) is 11.3 Å². The van der Waals surface area contributed by atoms with Crippen molar-refractivity contribution in [2.45, 2.75) is 83.8 Å². The monoisotopic (exact) mass is 428 g/mol. The Morgan fingerprint density at radius 2 is 1.90 bits per heavy atom. The lowest BCUT2D eigenvalue weighted by Crippen LogP contribution is -2.56. The van der Waals surface area contributed by atoms with Gasteiger partial charge in [-0.05, 0) is 92.3 Å². The van der Waals surface area contributed by atoms with E-state index in [0.29, 0.717) is 36.2 Å². The number of methoxy groups -OCH3 is 1. The number of hydrogen-bond donors (Lipinski definition) is 1. The number of Topliss-reactive ketones (excluding diaryl/α,β-unsaturated/α-hetero) is 1. The van der Waals surface area contributed by atoms with Crippen molar-refractivity contribution in [3.8, 4) is 0 Å². The van der Waals surface area contributed by atoms with Crippen LogP contribution in [-0.4, -0.2) is 39.8 Å². The molecule has 8 atom stereocenters. The van der Waals surface area contributed by atoms with E-state index < -0.39 is 5.60 Å². The minimum absolute atomic E-state index is 0.160. The highest BCUT2D eigenvalue weighted by molar-refractivity contribution is 5.82. The minimum Gasteiger partial charge on any atom is -0.387 e. The summed E-state index contributed by atoms with van der Waals surface area (Å²) < 4.78 is 7.29. The second-order valence-corrected chi connectivity index (χ2v) is 11.9. The van der Waals surface area contributed by atoms with Crippen LogP contribution in [0.4, 0.5) is 0 Å². The van der Waals surface area contributed by atoms with Gasteiger partial charge in [0, 0.05) is 25.4 Å². The number of nitrogens with zero attached hydrogens (tertiary/aromatic N) is 2. The third-order valence-corrected chi connectivity index (χ3v) is 10.5. The molecule has 0 saturated heterocycles. The Kier molecular flexibility index (Phi) is 5.37. The molecule has 0 radical (unpaired) electrons. The van der Waals surface area contributed by atoms with E-state index in [9.17, 15) is 9.90 Å². The highest BCUT2D eigenvalue weighted by Gasteiger charge is 2.62. The van der Waals surface area contributed by atoms with Crippen molar-refractivity contribution in [2.24, 2.45) is 40.4 Å². The van der Waals surface area contributed by atoms with Crippen molar-refractivity contribution in [1.82, 2.24) is 9.55 Å². The van der Waals surface area contributed by atoms with Crippen LogP contribution in [0.3, 0.4) is 0 Å². The lowest BCUT2D eigenvalue weighted by molar-refractivity contribution is -0.164. The average molecular weight is 429 g/mol. The molecule has 0 aliphatic heterocycles. The number of aromatic nitrogens is 2. The zero-order valence-electron chi connectivity index (χ0n) is 19.6. The average Bonchev–Trinajstić information content (AvgIpc) is 3.35. The van der Waals surface area contributed by atoms with E-state index in [1.165, 1.54) is 32.1 Å². The third-order valence-electron chi connectivity index (χ3n) is 10.5. The van der Waals surface area contributed by atoms with Crippen LogP contribution in [0.1, 0.15) is 71.6 Å². The fourth-order valence-electron chi connectivity index (χ4n) is 8.92.